The number of methoxy groups -OCH3 is 1. The summed E-state index contributed by atoms with van der Waals surface area (Å²) in [5, 5.41) is 4.05. The fourth-order valence-electron chi connectivity index (χ4n) is 3.51. The lowest BCUT2D eigenvalue weighted by Gasteiger charge is -2.08. The van der Waals surface area contributed by atoms with E-state index in [9.17, 15) is 8.78 Å². The van der Waals surface area contributed by atoms with Crippen molar-refractivity contribution in [2.45, 2.75) is 18.3 Å². The van der Waals surface area contributed by atoms with Crippen LogP contribution < -0.4 is 4.74 Å². The molecular formula is C21H16F2N6O. The molecule has 0 unspecified atom stereocenters. The van der Waals surface area contributed by atoms with Crippen LogP contribution in [0.15, 0.2) is 55.4 Å². The molecule has 0 saturated heterocycles. The van der Waals surface area contributed by atoms with Gasteiger partial charge in [0.25, 0.3) is 0 Å². The monoisotopic (exact) mass is 406 g/mol. The van der Waals surface area contributed by atoms with Gasteiger partial charge in [0.1, 0.15) is 5.69 Å². The molecule has 0 spiro atoms. The predicted octanol–water partition coefficient (Wildman–Crippen LogP) is 3.68. The van der Waals surface area contributed by atoms with Gasteiger partial charge in [-0.25, -0.2) is 33.4 Å². The summed E-state index contributed by atoms with van der Waals surface area (Å²) in [6.45, 7) is 0. The molecule has 0 bridgehead atoms. The number of aromatic nitrogens is 6. The zero-order chi connectivity index (χ0) is 20.7. The molecule has 2 atom stereocenters. The van der Waals surface area contributed by atoms with Crippen LogP contribution in [-0.2, 0) is 0 Å². The third-order valence-corrected chi connectivity index (χ3v) is 5.16. The van der Waals surface area contributed by atoms with Gasteiger partial charge in [-0.3, -0.25) is 0 Å². The number of benzene rings is 1. The summed E-state index contributed by atoms with van der Waals surface area (Å²) >= 11 is 0. The first-order valence-electron chi connectivity index (χ1n) is 9.31. The zero-order valence-corrected chi connectivity index (χ0v) is 15.9. The molecule has 1 aliphatic carbocycles. The van der Waals surface area contributed by atoms with E-state index in [4.69, 9.17) is 4.74 Å². The maximum Gasteiger partial charge on any atom is 0.197 e. The van der Waals surface area contributed by atoms with Crippen LogP contribution in [0.4, 0.5) is 8.78 Å². The van der Waals surface area contributed by atoms with E-state index >= 15 is 0 Å². The van der Waals surface area contributed by atoms with Gasteiger partial charge in [-0.2, -0.15) is 5.10 Å². The molecule has 0 N–H and O–H groups in total. The van der Waals surface area contributed by atoms with Crippen LogP contribution in [-0.4, -0.2) is 36.8 Å². The first kappa shape index (κ1) is 18.3. The second-order valence-corrected chi connectivity index (χ2v) is 7.02. The van der Waals surface area contributed by atoms with E-state index in [2.05, 4.69) is 25.0 Å². The first-order valence-corrected chi connectivity index (χ1v) is 9.31. The molecule has 9 heteroatoms. The normalized spacial score (nSPS) is 17.7. The van der Waals surface area contributed by atoms with E-state index in [1.165, 1.54) is 30.3 Å². The highest BCUT2D eigenvalue weighted by atomic mass is 19.2. The smallest absolute Gasteiger partial charge is 0.197 e. The number of ether oxygens (including phenoxy) is 1. The van der Waals surface area contributed by atoms with Crippen molar-refractivity contribution in [3.63, 3.8) is 0 Å². The fraction of sp³-hybridized carbons (Fsp3) is 0.190. The van der Waals surface area contributed by atoms with Crippen molar-refractivity contribution in [2.24, 2.45) is 0 Å². The lowest BCUT2D eigenvalue weighted by Crippen LogP contribution is -2.02. The average Bonchev–Trinajstić information content (AvgIpc) is 3.45. The van der Waals surface area contributed by atoms with Gasteiger partial charge in [-0.15, -0.1) is 0 Å². The van der Waals surface area contributed by atoms with Crippen LogP contribution in [0.5, 0.6) is 5.75 Å². The van der Waals surface area contributed by atoms with Crippen molar-refractivity contribution in [1.29, 1.82) is 0 Å². The van der Waals surface area contributed by atoms with E-state index in [-0.39, 0.29) is 17.5 Å². The lowest BCUT2D eigenvalue weighted by atomic mass is 10.1. The highest BCUT2D eigenvalue weighted by Gasteiger charge is 2.41. The minimum atomic E-state index is -0.947. The second kappa shape index (κ2) is 7.25. The topological polar surface area (TPSA) is 78.6 Å². The molecule has 3 heterocycles. The third kappa shape index (κ3) is 3.28. The standard InChI is InChI=1S/C21H16F2N6O/c1-30-14-10-28-29(11-14)18-6-12(5-17(22)19(18)23)15-7-16(15)13-8-26-21(27-9-13)20-24-3-2-4-25-20/h2-6,8-11,15-16H,7H2,1H3/t15-,16+/m1/s1. The maximum absolute atomic E-state index is 14.4. The van der Waals surface area contributed by atoms with E-state index < -0.39 is 11.6 Å². The largest absolute Gasteiger partial charge is 0.493 e. The van der Waals surface area contributed by atoms with Crippen LogP contribution in [0.25, 0.3) is 17.3 Å². The first-order chi connectivity index (χ1) is 14.6. The van der Waals surface area contributed by atoms with Crippen LogP contribution in [0.1, 0.15) is 29.4 Å². The molecule has 1 saturated carbocycles. The van der Waals surface area contributed by atoms with Gasteiger partial charge in [0, 0.05) is 24.8 Å². The summed E-state index contributed by atoms with van der Waals surface area (Å²) in [7, 11) is 1.49. The fourth-order valence-corrected chi connectivity index (χ4v) is 3.51. The van der Waals surface area contributed by atoms with Crippen molar-refractivity contribution in [3.8, 4) is 23.1 Å². The molecule has 0 aliphatic heterocycles. The average molecular weight is 406 g/mol. The maximum atomic E-state index is 14.4. The van der Waals surface area contributed by atoms with Gasteiger partial charge in [-0.1, -0.05) is 0 Å². The molecule has 4 aromatic rings. The second-order valence-electron chi connectivity index (χ2n) is 7.02. The molecule has 7 nitrogen and oxygen atoms in total. The van der Waals surface area contributed by atoms with Gasteiger partial charge in [0.2, 0.25) is 0 Å². The van der Waals surface area contributed by atoms with Crippen molar-refractivity contribution >= 4 is 0 Å². The van der Waals surface area contributed by atoms with Crippen molar-refractivity contribution in [2.75, 3.05) is 7.11 Å². The Kier molecular flexibility index (Phi) is 4.42. The van der Waals surface area contributed by atoms with Crippen molar-refractivity contribution in [3.05, 3.63) is 78.1 Å². The molecular weight excluding hydrogens is 390 g/mol. The van der Waals surface area contributed by atoms with Gasteiger partial charge >= 0.3 is 0 Å². The number of hydrogen-bond acceptors (Lipinski definition) is 6. The Morgan fingerprint density at radius 2 is 1.63 bits per heavy atom. The number of rotatable bonds is 5. The Labute approximate surface area is 170 Å². The molecule has 150 valence electrons. The summed E-state index contributed by atoms with van der Waals surface area (Å²) in [6.07, 6.45) is 10.5. The molecule has 5 rings (SSSR count). The molecule has 0 amide bonds. The Balaban J connectivity index is 1.40. The van der Waals surface area contributed by atoms with E-state index in [1.54, 1.807) is 36.9 Å². The quantitative estimate of drug-likeness (QED) is 0.503. The molecule has 30 heavy (non-hydrogen) atoms. The Morgan fingerprint density at radius 3 is 2.33 bits per heavy atom. The Morgan fingerprint density at radius 1 is 0.933 bits per heavy atom. The Bertz CT molecular complexity index is 1200. The van der Waals surface area contributed by atoms with Gasteiger partial charge < -0.3 is 4.74 Å². The summed E-state index contributed by atoms with van der Waals surface area (Å²) in [5.74, 6) is -0.299. The van der Waals surface area contributed by atoms with E-state index in [0.717, 1.165) is 12.0 Å². The predicted molar refractivity (Wildman–Crippen MR) is 103 cm³/mol. The molecule has 1 fully saturated rings. The lowest BCUT2D eigenvalue weighted by molar-refractivity contribution is 0.414. The zero-order valence-electron chi connectivity index (χ0n) is 15.9. The number of halogens is 2. The molecule has 1 aliphatic rings. The summed E-state index contributed by atoms with van der Waals surface area (Å²) in [6, 6.07) is 4.60. The van der Waals surface area contributed by atoms with Gasteiger partial charge in [0.05, 0.1) is 19.5 Å². The highest BCUT2D eigenvalue weighted by Crippen LogP contribution is 2.54. The summed E-state index contributed by atoms with van der Waals surface area (Å²) < 4.78 is 35.0. The van der Waals surface area contributed by atoms with Crippen LogP contribution >= 0.6 is 0 Å². The van der Waals surface area contributed by atoms with E-state index in [0.29, 0.717) is 23.0 Å². The van der Waals surface area contributed by atoms with E-state index in [1.807, 2.05) is 0 Å². The van der Waals surface area contributed by atoms with Crippen molar-refractivity contribution in [1.82, 2.24) is 29.7 Å². The van der Waals surface area contributed by atoms with Gasteiger partial charge in [-0.05, 0) is 47.6 Å². The molecule has 3 aromatic heterocycles. The molecule has 1 aromatic carbocycles. The minimum Gasteiger partial charge on any atom is -0.493 e. The summed E-state index contributed by atoms with van der Waals surface area (Å²) in [4.78, 5) is 17.0. The number of nitrogens with zero attached hydrogens (tertiary/aromatic N) is 6. The SMILES string of the molecule is COc1cnn(-c2cc([C@H]3C[C@H]3c3cnc(-c4ncccn4)nc3)cc(F)c2F)c1. The Hall–Kier alpha value is -3.75. The molecule has 0 radical (unpaired) electrons. The number of hydrogen-bond donors (Lipinski definition) is 0. The van der Waals surface area contributed by atoms with Gasteiger partial charge in [0.15, 0.2) is 29.0 Å². The van der Waals surface area contributed by atoms with Crippen LogP contribution in [0, 0.1) is 11.6 Å². The van der Waals surface area contributed by atoms with Crippen molar-refractivity contribution < 1.29 is 13.5 Å². The highest BCUT2D eigenvalue weighted by molar-refractivity contribution is 5.45. The van der Waals surface area contributed by atoms with Crippen LogP contribution in [0.2, 0.25) is 0 Å². The minimum absolute atomic E-state index is 0.0479. The summed E-state index contributed by atoms with van der Waals surface area (Å²) in [5.41, 5.74) is 1.69. The van der Waals surface area contributed by atoms with Crippen LogP contribution in [0.3, 0.4) is 0 Å². The third-order valence-electron chi connectivity index (χ3n) is 5.16.